The van der Waals surface area contributed by atoms with Crippen molar-refractivity contribution in [1.29, 1.82) is 0 Å². The molecule has 1 aliphatic carbocycles. The Balaban J connectivity index is 1.50. The molecule has 3 rings (SSSR count). The van der Waals surface area contributed by atoms with Crippen molar-refractivity contribution in [3.63, 3.8) is 0 Å². The lowest BCUT2D eigenvalue weighted by molar-refractivity contribution is -0.128. The Morgan fingerprint density at radius 3 is 3.00 bits per heavy atom. The molecule has 2 N–H and O–H groups in total. The largest absolute Gasteiger partial charge is 0.469 e. The van der Waals surface area contributed by atoms with Gasteiger partial charge in [-0.1, -0.05) is 6.92 Å². The van der Waals surface area contributed by atoms with Crippen molar-refractivity contribution in [1.82, 2.24) is 15.5 Å². The van der Waals surface area contributed by atoms with Crippen LogP contribution < -0.4 is 10.6 Å². The lowest BCUT2D eigenvalue weighted by Gasteiger charge is -2.18. The van der Waals surface area contributed by atoms with Crippen molar-refractivity contribution in [2.45, 2.75) is 58.0 Å². The molecule has 6 nitrogen and oxygen atoms in total. The van der Waals surface area contributed by atoms with E-state index in [0.717, 1.165) is 37.7 Å². The summed E-state index contributed by atoms with van der Waals surface area (Å²) < 4.78 is 5.37. The Labute approximate surface area is 150 Å². The zero-order valence-corrected chi connectivity index (χ0v) is 15.3. The number of nitrogens with one attached hydrogen (secondary N) is 2. The lowest BCUT2D eigenvalue weighted by atomic mass is 10.1. The second kappa shape index (κ2) is 8.41. The maximum absolute atomic E-state index is 12.1. The van der Waals surface area contributed by atoms with Gasteiger partial charge in [0, 0.05) is 50.5 Å². The summed E-state index contributed by atoms with van der Waals surface area (Å²) in [4.78, 5) is 18.9. The van der Waals surface area contributed by atoms with Gasteiger partial charge in [-0.25, -0.2) is 0 Å². The van der Waals surface area contributed by atoms with Gasteiger partial charge in [-0.2, -0.15) is 0 Å². The Hall–Kier alpha value is -1.98. The molecule has 1 aliphatic heterocycles. The number of guanidine groups is 1. The minimum Gasteiger partial charge on any atom is -0.469 e. The molecule has 2 unspecified atom stereocenters. The molecule has 1 aromatic heterocycles. The summed E-state index contributed by atoms with van der Waals surface area (Å²) in [6.45, 7) is 6.64. The number of carbonyl (C=O) groups excluding carboxylic acids is 1. The zero-order valence-electron chi connectivity index (χ0n) is 15.3. The molecule has 2 atom stereocenters. The van der Waals surface area contributed by atoms with Crippen LogP contribution in [0.3, 0.4) is 0 Å². The van der Waals surface area contributed by atoms with E-state index in [2.05, 4.69) is 29.4 Å². The Bertz CT molecular complexity index is 580. The number of rotatable bonds is 8. The van der Waals surface area contributed by atoms with E-state index in [1.165, 1.54) is 12.8 Å². The van der Waals surface area contributed by atoms with Crippen molar-refractivity contribution in [3.05, 3.63) is 24.2 Å². The number of likely N-dealkylation sites (tertiary alicyclic amines) is 1. The Kier molecular flexibility index (Phi) is 6.00. The van der Waals surface area contributed by atoms with Gasteiger partial charge in [0.15, 0.2) is 5.96 Å². The van der Waals surface area contributed by atoms with Crippen molar-refractivity contribution in [2.75, 3.05) is 19.6 Å². The molecular formula is C19H30N4O2. The summed E-state index contributed by atoms with van der Waals surface area (Å²) in [5, 5.41) is 6.82. The van der Waals surface area contributed by atoms with E-state index >= 15 is 0 Å². The number of nitrogens with zero attached hydrogens (tertiary/aromatic N) is 2. The summed E-state index contributed by atoms with van der Waals surface area (Å²) in [7, 11) is 0. The van der Waals surface area contributed by atoms with Crippen LogP contribution in [-0.4, -0.2) is 48.5 Å². The average Bonchev–Trinajstić information content (AvgIpc) is 3.18. The molecular weight excluding hydrogens is 316 g/mol. The molecule has 0 radical (unpaired) electrons. The van der Waals surface area contributed by atoms with Gasteiger partial charge in [0.05, 0.1) is 6.26 Å². The van der Waals surface area contributed by atoms with Gasteiger partial charge in [0.25, 0.3) is 0 Å². The van der Waals surface area contributed by atoms with Gasteiger partial charge >= 0.3 is 0 Å². The van der Waals surface area contributed by atoms with E-state index in [4.69, 9.17) is 9.41 Å². The molecule has 6 heteroatoms. The van der Waals surface area contributed by atoms with E-state index < -0.39 is 0 Å². The molecule has 25 heavy (non-hydrogen) atoms. The second-order valence-corrected chi connectivity index (χ2v) is 7.25. The average molecular weight is 346 g/mol. The summed E-state index contributed by atoms with van der Waals surface area (Å²) in [5.74, 6) is 2.45. The fourth-order valence-corrected chi connectivity index (χ4v) is 3.14. The topological polar surface area (TPSA) is 69.9 Å². The first-order valence-corrected chi connectivity index (χ1v) is 9.52. The smallest absolute Gasteiger partial charge is 0.223 e. The zero-order chi connectivity index (χ0) is 17.6. The predicted molar refractivity (Wildman–Crippen MR) is 98.4 cm³/mol. The standard InChI is InChI=1S/C19H30N4O2/c1-3-14(2)22-19(20-9-8-17-5-4-10-25-17)21-12-15-11-18(24)23(13-15)16-6-7-16/h4-5,10,14-16H,3,6-9,11-13H2,1-2H3,(H2,20,21,22). The van der Waals surface area contributed by atoms with E-state index in [1.807, 2.05) is 12.1 Å². The van der Waals surface area contributed by atoms with Crippen LogP contribution in [0, 0.1) is 5.92 Å². The maximum Gasteiger partial charge on any atom is 0.223 e. The van der Waals surface area contributed by atoms with E-state index in [9.17, 15) is 4.79 Å². The molecule has 1 amide bonds. The summed E-state index contributed by atoms with van der Waals surface area (Å²) in [6, 6.07) is 4.77. The van der Waals surface area contributed by atoms with Gasteiger partial charge in [-0.15, -0.1) is 0 Å². The van der Waals surface area contributed by atoms with Crippen molar-refractivity contribution >= 4 is 11.9 Å². The highest BCUT2D eigenvalue weighted by molar-refractivity contribution is 5.81. The quantitative estimate of drug-likeness (QED) is 0.559. The van der Waals surface area contributed by atoms with Crippen LogP contribution in [0.25, 0.3) is 0 Å². The van der Waals surface area contributed by atoms with Crippen LogP contribution in [0.5, 0.6) is 0 Å². The third kappa shape index (κ3) is 5.25. The number of carbonyl (C=O) groups is 1. The summed E-state index contributed by atoms with van der Waals surface area (Å²) in [5.41, 5.74) is 0. The number of hydrogen-bond donors (Lipinski definition) is 2. The molecule has 138 valence electrons. The summed E-state index contributed by atoms with van der Waals surface area (Å²) in [6.07, 6.45) is 6.56. The van der Waals surface area contributed by atoms with E-state index in [0.29, 0.717) is 36.9 Å². The Morgan fingerprint density at radius 1 is 1.48 bits per heavy atom. The predicted octanol–water partition coefficient (Wildman–Crippen LogP) is 2.17. The van der Waals surface area contributed by atoms with E-state index in [1.54, 1.807) is 6.26 Å². The second-order valence-electron chi connectivity index (χ2n) is 7.25. The molecule has 0 bridgehead atoms. The molecule has 2 heterocycles. The number of hydrogen-bond acceptors (Lipinski definition) is 3. The molecule has 0 aromatic carbocycles. The molecule has 1 saturated heterocycles. The third-order valence-corrected chi connectivity index (χ3v) is 4.97. The first kappa shape index (κ1) is 17.8. The number of furan rings is 1. The first-order valence-electron chi connectivity index (χ1n) is 9.52. The number of aliphatic imine (C=N–C) groups is 1. The van der Waals surface area contributed by atoms with Crippen LogP contribution in [0.15, 0.2) is 27.8 Å². The van der Waals surface area contributed by atoms with E-state index in [-0.39, 0.29) is 0 Å². The molecule has 2 fully saturated rings. The third-order valence-electron chi connectivity index (χ3n) is 4.97. The van der Waals surface area contributed by atoms with Crippen LogP contribution in [0.2, 0.25) is 0 Å². The molecule has 1 aromatic rings. The molecule has 1 saturated carbocycles. The van der Waals surface area contributed by atoms with Crippen LogP contribution in [-0.2, 0) is 11.2 Å². The lowest BCUT2D eigenvalue weighted by Crippen LogP contribution is -2.43. The van der Waals surface area contributed by atoms with Gasteiger partial charge in [0.2, 0.25) is 5.91 Å². The van der Waals surface area contributed by atoms with Crippen molar-refractivity contribution in [2.24, 2.45) is 10.9 Å². The monoisotopic (exact) mass is 346 g/mol. The van der Waals surface area contributed by atoms with Crippen LogP contribution in [0.1, 0.15) is 45.3 Å². The minimum absolute atomic E-state index is 0.310. The highest BCUT2D eigenvalue weighted by atomic mass is 16.3. The fourth-order valence-electron chi connectivity index (χ4n) is 3.14. The van der Waals surface area contributed by atoms with Crippen molar-refractivity contribution in [3.8, 4) is 0 Å². The maximum atomic E-state index is 12.1. The molecule has 0 spiro atoms. The minimum atomic E-state index is 0.310. The fraction of sp³-hybridized carbons (Fsp3) is 0.684. The van der Waals surface area contributed by atoms with Gasteiger partial charge in [0.1, 0.15) is 5.76 Å². The van der Waals surface area contributed by atoms with Gasteiger partial charge in [-0.05, 0) is 38.3 Å². The first-order chi connectivity index (χ1) is 12.2. The number of amides is 1. The van der Waals surface area contributed by atoms with Crippen molar-refractivity contribution < 1.29 is 9.21 Å². The highest BCUT2D eigenvalue weighted by Gasteiger charge is 2.39. The van der Waals surface area contributed by atoms with Crippen LogP contribution in [0.4, 0.5) is 0 Å². The SMILES string of the molecule is CCC(C)NC(=NCC1CC(=O)N(C2CC2)C1)NCCc1ccco1. The molecule has 2 aliphatic rings. The highest BCUT2D eigenvalue weighted by Crippen LogP contribution is 2.32. The van der Waals surface area contributed by atoms with Crippen LogP contribution >= 0.6 is 0 Å². The van der Waals surface area contributed by atoms with Gasteiger partial charge < -0.3 is 20.0 Å². The normalized spacial score (nSPS) is 22.3. The summed E-state index contributed by atoms with van der Waals surface area (Å²) >= 11 is 0. The van der Waals surface area contributed by atoms with Gasteiger partial charge in [-0.3, -0.25) is 9.79 Å². The Morgan fingerprint density at radius 2 is 2.32 bits per heavy atom.